The first-order valence-corrected chi connectivity index (χ1v) is 5.78. The van der Waals surface area contributed by atoms with Crippen molar-refractivity contribution in [3.05, 3.63) is 24.3 Å². The van der Waals surface area contributed by atoms with Crippen LogP contribution < -0.4 is 10.1 Å². The molecule has 0 unspecified atom stereocenters. The van der Waals surface area contributed by atoms with Crippen molar-refractivity contribution in [1.82, 2.24) is 4.90 Å². The molecule has 0 aliphatic carbocycles. The van der Waals surface area contributed by atoms with Crippen molar-refractivity contribution in [1.29, 1.82) is 5.26 Å². The minimum atomic E-state index is -0.289. The number of benzene rings is 1. The van der Waals surface area contributed by atoms with E-state index in [2.05, 4.69) is 5.32 Å². The molecule has 0 heterocycles. The molecule has 18 heavy (non-hydrogen) atoms. The standard InChI is InChI=1S/C13H17N3O2/c1-3-9-16(10-8-14)13(17)15-11-6-4-5-7-12(11)18-2/h4-7H,3,9-10H2,1-2H3,(H,15,17). The predicted octanol–water partition coefficient (Wildman–Crippen LogP) is 2.46. The fraction of sp³-hybridized carbons (Fsp3) is 0.385. The van der Waals surface area contributed by atoms with Gasteiger partial charge >= 0.3 is 6.03 Å². The predicted molar refractivity (Wildman–Crippen MR) is 69.5 cm³/mol. The van der Waals surface area contributed by atoms with Gasteiger partial charge in [0.25, 0.3) is 0 Å². The molecule has 0 saturated heterocycles. The third-order valence-corrected chi connectivity index (χ3v) is 2.39. The Bertz CT molecular complexity index is 440. The highest BCUT2D eigenvalue weighted by Crippen LogP contribution is 2.23. The monoisotopic (exact) mass is 247 g/mol. The van der Waals surface area contributed by atoms with E-state index in [-0.39, 0.29) is 12.6 Å². The second-order valence-electron chi connectivity index (χ2n) is 3.71. The molecular weight excluding hydrogens is 230 g/mol. The number of para-hydroxylation sites is 2. The van der Waals surface area contributed by atoms with E-state index in [4.69, 9.17) is 10.00 Å². The SMILES string of the molecule is CCCN(CC#N)C(=O)Nc1ccccc1OC. The molecule has 0 fully saturated rings. The summed E-state index contributed by atoms with van der Waals surface area (Å²) < 4.78 is 5.15. The van der Waals surface area contributed by atoms with Crippen LogP contribution in [-0.4, -0.2) is 31.1 Å². The second kappa shape index (κ2) is 7.17. The van der Waals surface area contributed by atoms with Gasteiger partial charge in [0.1, 0.15) is 12.3 Å². The molecule has 96 valence electrons. The smallest absolute Gasteiger partial charge is 0.322 e. The first kappa shape index (κ1) is 13.8. The van der Waals surface area contributed by atoms with Crippen molar-refractivity contribution in [2.75, 3.05) is 25.5 Å². The van der Waals surface area contributed by atoms with Crippen molar-refractivity contribution in [3.8, 4) is 11.8 Å². The molecule has 0 aromatic heterocycles. The van der Waals surface area contributed by atoms with Gasteiger partial charge < -0.3 is 15.0 Å². The number of ether oxygens (including phenoxy) is 1. The van der Waals surface area contributed by atoms with Crippen molar-refractivity contribution >= 4 is 11.7 Å². The first-order chi connectivity index (χ1) is 8.72. The number of nitrogens with zero attached hydrogens (tertiary/aromatic N) is 2. The van der Waals surface area contributed by atoms with E-state index in [1.807, 2.05) is 25.1 Å². The number of carbonyl (C=O) groups excluding carboxylic acids is 1. The summed E-state index contributed by atoms with van der Waals surface area (Å²) in [6, 6.07) is 8.86. The number of hydrogen-bond donors (Lipinski definition) is 1. The van der Waals surface area contributed by atoms with E-state index in [0.717, 1.165) is 6.42 Å². The molecule has 0 saturated carbocycles. The van der Waals surface area contributed by atoms with Gasteiger partial charge in [-0.1, -0.05) is 19.1 Å². The lowest BCUT2D eigenvalue weighted by Gasteiger charge is -2.20. The largest absolute Gasteiger partial charge is 0.495 e. The lowest BCUT2D eigenvalue weighted by Crippen LogP contribution is -2.35. The summed E-state index contributed by atoms with van der Waals surface area (Å²) in [7, 11) is 1.55. The van der Waals surface area contributed by atoms with E-state index >= 15 is 0 Å². The van der Waals surface area contributed by atoms with Gasteiger partial charge in [-0.25, -0.2) is 4.79 Å². The van der Waals surface area contributed by atoms with Gasteiger partial charge in [-0.15, -0.1) is 0 Å². The molecule has 1 aromatic carbocycles. The number of rotatable bonds is 5. The van der Waals surface area contributed by atoms with Crippen LogP contribution in [0.1, 0.15) is 13.3 Å². The Kier molecular flexibility index (Phi) is 5.52. The minimum Gasteiger partial charge on any atom is -0.495 e. The maximum Gasteiger partial charge on any atom is 0.322 e. The zero-order chi connectivity index (χ0) is 13.4. The molecule has 1 N–H and O–H groups in total. The van der Waals surface area contributed by atoms with Crippen molar-refractivity contribution in [2.45, 2.75) is 13.3 Å². The topological polar surface area (TPSA) is 65.4 Å². The highest BCUT2D eigenvalue weighted by molar-refractivity contribution is 5.91. The van der Waals surface area contributed by atoms with Gasteiger partial charge in [0.15, 0.2) is 0 Å². The molecule has 0 aliphatic heterocycles. The number of carbonyl (C=O) groups is 1. The molecule has 0 spiro atoms. The van der Waals surface area contributed by atoms with Crippen LogP contribution in [0, 0.1) is 11.3 Å². The fourth-order valence-corrected chi connectivity index (χ4v) is 1.55. The van der Waals surface area contributed by atoms with Crippen LogP contribution in [0.25, 0.3) is 0 Å². The van der Waals surface area contributed by atoms with E-state index in [1.165, 1.54) is 4.90 Å². The number of nitriles is 1. The molecule has 5 heteroatoms. The average molecular weight is 247 g/mol. The Balaban J connectivity index is 2.76. The Morgan fingerprint density at radius 1 is 1.50 bits per heavy atom. The van der Waals surface area contributed by atoms with E-state index in [9.17, 15) is 4.79 Å². The zero-order valence-electron chi connectivity index (χ0n) is 10.6. The van der Waals surface area contributed by atoms with Crippen molar-refractivity contribution < 1.29 is 9.53 Å². The molecule has 0 aliphatic rings. The minimum absolute atomic E-state index is 0.0782. The molecule has 0 radical (unpaired) electrons. The summed E-state index contributed by atoms with van der Waals surface area (Å²) in [4.78, 5) is 13.4. The molecule has 1 rings (SSSR count). The second-order valence-corrected chi connectivity index (χ2v) is 3.71. The van der Waals surface area contributed by atoms with Crippen LogP contribution in [0.4, 0.5) is 10.5 Å². The van der Waals surface area contributed by atoms with Crippen molar-refractivity contribution in [2.24, 2.45) is 0 Å². The first-order valence-electron chi connectivity index (χ1n) is 5.78. The van der Waals surface area contributed by atoms with Gasteiger partial charge in [0.05, 0.1) is 18.9 Å². The maximum absolute atomic E-state index is 12.0. The summed E-state index contributed by atoms with van der Waals surface area (Å²) in [5, 5.41) is 11.4. The maximum atomic E-state index is 12.0. The normalized spacial score (nSPS) is 9.39. The summed E-state index contributed by atoms with van der Waals surface area (Å²) in [5.41, 5.74) is 0.601. The number of anilines is 1. The number of nitrogens with one attached hydrogen (secondary N) is 1. The fourth-order valence-electron chi connectivity index (χ4n) is 1.55. The molecule has 0 atom stereocenters. The highest BCUT2D eigenvalue weighted by Gasteiger charge is 2.13. The molecule has 5 nitrogen and oxygen atoms in total. The highest BCUT2D eigenvalue weighted by atomic mass is 16.5. The lowest BCUT2D eigenvalue weighted by atomic mass is 10.3. The van der Waals surface area contributed by atoms with Crippen molar-refractivity contribution in [3.63, 3.8) is 0 Å². The van der Waals surface area contributed by atoms with Crippen LogP contribution in [0.5, 0.6) is 5.75 Å². The van der Waals surface area contributed by atoms with Gasteiger partial charge in [-0.2, -0.15) is 5.26 Å². The Morgan fingerprint density at radius 3 is 2.83 bits per heavy atom. The average Bonchev–Trinajstić information content (AvgIpc) is 2.39. The van der Waals surface area contributed by atoms with Crippen LogP contribution in [0.15, 0.2) is 24.3 Å². The third kappa shape index (κ3) is 3.67. The van der Waals surface area contributed by atoms with Gasteiger partial charge in [-0.3, -0.25) is 0 Å². The van der Waals surface area contributed by atoms with Crippen LogP contribution in [-0.2, 0) is 0 Å². The van der Waals surface area contributed by atoms with E-state index < -0.39 is 0 Å². The zero-order valence-corrected chi connectivity index (χ0v) is 10.6. The van der Waals surface area contributed by atoms with Crippen LogP contribution >= 0.6 is 0 Å². The van der Waals surface area contributed by atoms with E-state index in [0.29, 0.717) is 18.0 Å². The van der Waals surface area contributed by atoms with Crippen LogP contribution in [0.2, 0.25) is 0 Å². The number of amides is 2. The lowest BCUT2D eigenvalue weighted by molar-refractivity contribution is 0.217. The molecule has 2 amide bonds. The quantitative estimate of drug-likeness (QED) is 0.813. The summed E-state index contributed by atoms with van der Waals surface area (Å²) in [6.07, 6.45) is 0.807. The van der Waals surface area contributed by atoms with Gasteiger partial charge in [0.2, 0.25) is 0 Å². The molecular formula is C13H17N3O2. The van der Waals surface area contributed by atoms with Gasteiger partial charge in [0, 0.05) is 6.54 Å². The summed E-state index contributed by atoms with van der Waals surface area (Å²) >= 11 is 0. The molecule has 1 aromatic rings. The number of urea groups is 1. The van der Waals surface area contributed by atoms with Crippen LogP contribution in [0.3, 0.4) is 0 Å². The van der Waals surface area contributed by atoms with Gasteiger partial charge in [-0.05, 0) is 18.6 Å². The summed E-state index contributed by atoms with van der Waals surface area (Å²) in [6.45, 7) is 2.59. The van der Waals surface area contributed by atoms with E-state index in [1.54, 1.807) is 19.2 Å². The third-order valence-electron chi connectivity index (χ3n) is 2.39. The Labute approximate surface area is 107 Å². The number of methoxy groups -OCH3 is 1. The Hall–Kier alpha value is -2.22. The Morgan fingerprint density at radius 2 is 2.22 bits per heavy atom. The number of hydrogen-bond acceptors (Lipinski definition) is 3. The summed E-state index contributed by atoms with van der Waals surface area (Å²) in [5.74, 6) is 0.597. The molecule has 0 bridgehead atoms.